The predicted molar refractivity (Wildman–Crippen MR) is 115 cm³/mol. The number of aliphatic carboxylic acids is 1. The number of carboxylic acid groups (broad SMARTS) is 1. The number of hydrogen-bond acceptors (Lipinski definition) is 4. The van der Waals surface area contributed by atoms with Crippen LogP contribution in [0.3, 0.4) is 0 Å². The highest BCUT2D eigenvalue weighted by molar-refractivity contribution is 8.26. The monoisotopic (exact) mass is 426 g/mol. The average Bonchev–Trinajstić information content (AvgIpc) is 3.17. The molecule has 8 heteroatoms. The number of nitrogens with zero attached hydrogens (tertiary/aromatic N) is 2. The smallest absolute Gasteiger partial charge is 0.323 e. The Balaban J connectivity index is 1.59. The van der Waals surface area contributed by atoms with E-state index in [1.165, 1.54) is 12.1 Å². The van der Waals surface area contributed by atoms with Crippen LogP contribution in [0, 0.1) is 5.82 Å². The number of fused-ring (bicyclic) bond motifs is 1. The molecular weight excluding hydrogens is 411 g/mol. The summed E-state index contributed by atoms with van der Waals surface area (Å²) in [6, 6.07) is 14.2. The molecule has 0 saturated carbocycles. The quantitative estimate of drug-likeness (QED) is 0.491. The van der Waals surface area contributed by atoms with Crippen LogP contribution in [0.2, 0.25) is 0 Å². The number of thioether (sulfide) groups is 1. The third-order valence-corrected chi connectivity index (χ3v) is 5.88. The molecule has 1 aromatic heterocycles. The van der Waals surface area contributed by atoms with Crippen LogP contribution in [0.15, 0.2) is 59.6 Å². The number of hydrogen-bond donors (Lipinski definition) is 1. The summed E-state index contributed by atoms with van der Waals surface area (Å²) in [5, 5.41) is 9.90. The van der Waals surface area contributed by atoms with Crippen molar-refractivity contribution in [3.63, 3.8) is 0 Å². The van der Waals surface area contributed by atoms with E-state index in [9.17, 15) is 14.0 Å². The molecule has 0 radical (unpaired) electrons. The van der Waals surface area contributed by atoms with Crippen LogP contribution in [0.1, 0.15) is 11.1 Å². The SMILES string of the molecule is O=C(O)CN1C(=O)/C(=C/c2ccc3c(ccn3Cc3cccc(F)c3)c2)SC1=S. The van der Waals surface area contributed by atoms with Crippen molar-refractivity contribution in [3.05, 3.63) is 76.6 Å². The van der Waals surface area contributed by atoms with Crippen LogP contribution in [0.4, 0.5) is 4.39 Å². The molecule has 3 aromatic rings. The van der Waals surface area contributed by atoms with Crippen LogP contribution in [0.5, 0.6) is 0 Å². The van der Waals surface area contributed by atoms with Gasteiger partial charge >= 0.3 is 5.97 Å². The molecule has 0 atom stereocenters. The average molecular weight is 426 g/mol. The topological polar surface area (TPSA) is 62.5 Å². The second-order valence-corrected chi connectivity index (χ2v) is 8.23. The van der Waals surface area contributed by atoms with Gasteiger partial charge < -0.3 is 9.67 Å². The maximum atomic E-state index is 13.4. The van der Waals surface area contributed by atoms with Gasteiger partial charge in [0, 0.05) is 23.6 Å². The van der Waals surface area contributed by atoms with Crippen molar-refractivity contribution in [3.8, 4) is 0 Å². The fraction of sp³-hybridized carbons (Fsp3) is 0.0952. The maximum absolute atomic E-state index is 13.4. The van der Waals surface area contributed by atoms with Gasteiger partial charge in [-0.05, 0) is 47.5 Å². The molecule has 0 bridgehead atoms. The first-order chi connectivity index (χ1) is 13.9. The molecule has 1 saturated heterocycles. The largest absolute Gasteiger partial charge is 0.480 e. The summed E-state index contributed by atoms with van der Waals surface area (Å²) in [7, 11) is 0. The van der Waals surface area contributed by atoms with Gasteiger partial charge in [0.2, 0.25) is 0 Å². The van der Waals surface area contributed by atoms with Gasteiger partial charge in [0.05, 0.1) is 4.91 Å². The molecule has 1 N–H and O–H groups in total. The molecule has 1 aliphatic rings. The van der Waals surface area contributed by atoms with Gasteiger partial charge in [0.1, 0.15) is 16.7 Å². The molecule has 1 aliphatic heterocycles. The van der Waals surface area contributed by atoms with E-state index in [1.807, 2.05) is 41.1 Å². The highest BCUT2D eigenvalue weighted by Gasteiger charge is 2.33. The summed E-state index contributed by atoms with van der Waals surface area (Å²) in [5.41, 5.74) is 2.68. The Bertz CT molecular complexity index is 1190. The Morgan fingerprint density at radius 1 is 1.21 bits per heavy atom. The normalized spacial score (nSPS) is 15.6. The van der Waals surface area contributed by atoms with Gasteiger partial charge in [-0.1, -0.05) is 42.2 Å². The zero-order valence-electron chi connectivity index (χ0n) is 15.0. The standard InChI is InChI=1S/C21H15FN2O3S2/c22-16-3-1-2-14(9-16)11-23-7-6-15-8-13(4-5-17(15)23)10-18-20(27)24(12-19(25)26)21(28)29-18/h1-10H,11-12H2,(H,25,26)/b18-10-. The van der Waals surface area contributed by atoms with Crippen molar-refractivity contribution < 1.29 is 19.1 Å². The van der Waals surface area contributed by atoms with E-state index in [2.05, 4.69) is 0 Å². The van der Waals surface area contributed by atoms with E-state index in [4.69, 9.17) is 17.3 Å². The molecular formula is C21H15FN2O3S2. The van der Waals surface area contributed by atoms with Crippen molar-refractivity contribution >= 4 is 57.2 Å². The van der Waals surface area contributed by atoms with Gasteiger partial charge in [0.15, 0.2) is 0 Å². The van der Waals surface area contributed by atoms with Crippen molar-refractivity contribution in [1.29, 1.82) is 0 Å². The third kappa shape index (κ3) is 4.08. The summed E-state index contributed by atoms with van der Waals surface area (Å²) >= 11 is 6.21. The maximum Gasteiger partial charge on any atom is 0.323 e. The number of carboxylic acids is 1. The van der Waals surface area contributed by atoms with E-state index in [0.29, 0.717) is 11.4 Å². The molecule has 2 aromatic carbocycles. The minimum absolute atomic E-state index is 0.242. The van der Waals surface area contributed by atoms with Crippen LogP contribution >= 0.6 is 24.0 Å². The summed E-state index contributed by atoms with van der Waals surface area (Å²) in [5.74, 6) is -1.77. The van der Waals surface area contributed by atoms with Crippen LogP contribution < -0.4 is 0 Å². The Morgan fingerprint density at radius 2 is 2.03 bits per heavy atom. The van der Waals surface area contributed by atoms with Crippen molar-refractivity contribution in [1.82, 2.24) is 9.47 Å². The lowest BCUT2D eigenvalue weighted by Crippen LogP contribution is -2.33. The first-order valence-electron chi connectivity index (χ1n) is 8.71. The molecule has 0 unspecified atom stereocenters. The van der Waals surface area contributed by atoms with Crippen molar-refractivity contribution in [2.45, 2.75) is 6.54 Å². The summed E-state index contributed by atoms with van der Waals surface area (Å²) in [6.07, 6.45) is 3.65. The molecule has 29 heavy (non-hydrogen) atoms. The van der Waals surface area contributed by atoms with Gasteiger partial charge in [-0.3, -0.25) is 14.5 Å². The van der Waals surface area contributed by atoms with Crippen LogP contribution in [0.25, 0.3) is 17.0 Å². The molecule has 2 heterocycles. The van der Waals surface area contributed by atoms with Crippen molar-refractivity contribution in [2.24, 2.45) is 0 Å². The number of thiocarbonyl (C=S) groups is 1. The van der Waals surface area contributed by atoms with Gasteiger partial charge in [-0.2, -0.15) is 0 Å². The van der Waals surface area contributed by atoms with Crippen LogP contribution in [-0.4, -0.2) is 37.3 Å². The van der Waals surface area contributed by atoms with Gasteiger partial charge in [0.25, 0.3) is 5.91 Å². The highest BCUT2D eigenvalue weighted by atomic mass is 32.2. The molecule has 1 fully saturated rings. The lowest BCUT2D eigenvalue weighted by Gasteiger charge is -2.10. The summed E-state index contributed by atoms with van der Waals surface area (Å²) < 4.78 is 15.7. The van der Waals surface area contributed by atoms with E-state index in [1.54, 1.807) is 12.1 Å². The fourth-order valence-corrected chi connectivity index (χ4v) is 4.46. The number of carbonyl (C=O) groups is 2. The zero-order valence-corrected chi connectivity index (χ0v) is 16.7. The minimum Gasteiger partial charge on any atom is -0.480 e. The molecule has 5 nitrogen and oxygen atoms in total. The molecule has 1 amide bonds. The molecule has 4 rings (SSSR count). The third-order valence-electron chi connectivity index (χ3n) is 4.50. The first kappa shape index (κ1) is 19.4. The Labute approximate surface area is 175 Å². The van der Waals surface area contributed by atoms with E-state index in [-0.39, 0.29) is 10.1 Å². The first-order valence-corrected chi connectivity index (χ1v) is 9.94. The fourth-order valence-electron chi connectivity index (χ4n) is 3.20. The van der Waals surface area contributed by atoms with Gasteiger partial charge in [-0.25, -0.2) is 4.39 Å². The number of aromatic nitrogens is 1. The summed E-state index contributed by atoms with van der Waals surface area (Å²) in [4.78, 5) is 24.8. The Morgan fingerprint density at radius 3 is 2.79 bits per heavy atom. The van der Waals surface area contributed by atoms with Gasteiger partial charge in [-0.15, -0.1) is 0 Å². The number of rotatable bonds is 5. The second kappa shape index (κ2) is 7.81. The van der Waals surface area contributed by atoms with E-state index in [0.717, 1.165) is 38.7 Å². The number of halogens is 1. The lowest BCUT2D eigenvalue weighted by atomic mass is 10.1. The predicted octanol–water partition coefficient (Wildman–Crippen LogP) is 4.11. The highest BCUT2D eigenvalue weighted by Crippen LogP contribution is 2.33. The second-order valence-electron chi connectivity index (χ2n) is 6.55. The number of benzene rings is 2. The van der Waals surface area contributed by atoms with E-state index < -0.39 is 18.4 Å². The zero-order chi connectivity index (χ0) is 20.5. The van der Waals surface area contributed by atoms with E-state index >= 15 is 0 Å². The number of amides is 1. The Kier molecular flexibility index (Phi) is 5.21. The molecule has 0 spiro atoms. The molecule has 0 aliphatic carbocycles. The number of carbonyl (C=O) groups excluding carboxylic acids is 1. The van der Waals surface area contributed by atoms with Crippen LogP contribution in [-0.2, 0) is 16.1 Å². The molecule has 146 valence electrons. The summed E-state index contributed by atoms with van der Waals surface area (Å²) in [6.45, 7) is 0.110. The minimum atomic E-state index is -1.11. The van der Waals surface area contributed by atoms with Crippen molar-refractivity contribution in [2.75, 3.05) is 6.54 Å². The lowest BCUT2D eigenvalue weighted by molar-refractivity contribution is -0.140. The Hall–Kier alpha value is -2.97.